The molecule has 2 aliphatic rings. The van der Waals surface area contributed by atoms with Gasteiger partial charge in [0.25, 0.3) is 0 Å². The standard InChI is InChI=1S/C24H25F3N4O3/c25-24(26,27)19-8-4-5-9-20(19)28-23(34)29-12-10-18(11-13-29)31-15-14-30(21(32)22(31)33)16-17-6-2-1-3-7-17/h1-9,18H,10-16H2,(H,28,34). The van der Waals surface area contributed by atoms with Gasteiger partial charge in [-0.3, -0.25) is 9.59 Å². The second kappa shape index (κ2) is 9.74. The zero-order valence-corrected chi connectivity index (χ0v) is 18.4. The maximum atomic E-state index is 13.2. The first-order valence-electron chi connectivity index (χ1n) is 11.1. The van der Waals surface area contributed by atoms with Crippen LogP contribution in [0, 0.1) is 0 Å². The highest BCUT2D eigenvalue weighted by Crippen LogP contribution is 2.34. The molecular weight excluding hydrogens is 449 g/mol. The molecule has 0 spiro atoms. The summed E-state index contributed by atoms with van der Waals surface area (Å²) in [6.45, 7) is 1.76. The van der Waals surface area contributed by atoms with Crippen LogP contribution >= 0.6 is 0 Å². The number of para-hydroxylation sites is 1. The average Bonchev–Trinajstić information content (AvgIpc) is 2.83. The third kappa shape index (κ3) is 5.16. The van der Waals surface area contributed by atoms with Crippen molar-refractivity contribution >= 4 is 23.5 Å². The molecule has 34 heavy (non-hydrogen) atoms. The molecule has 0 saturated carbocycles. The Morgan fingerprint density at radius 1 is 0.882 bits per heavy atom. The number of urea groups is 1. The second-order valence-electron chi connectivity index (χ2n) is 8.40. The number of amides is 4. The molecule has 2 aromatic rings. The van der Waals surface area contributed by atoms with E-state index in [9.17, 15) is 27.6 Å². The maximum absolute atomic E-state index is 13.2. The Bertz CT molecular complexity index is 1050. The summed E-state index contributed by atoms with van der Waals surface area (Å²) < 4.78 is 39.5. The number of rotatable bonds is 4. The van der Waals surface area contributed by atoms with E-state index in [1.54, 1.807) is 4.90 Å². The van der Waals surface area contributed by atoms with Crippen molar-refractivity contribution in [2.45, 2.75) is 31.6 Å². The van der Waals surface area contributed by atoms with Crippen LogP contribution in [-0.2, 0) is 22.3 Å². The highest BCUT2D eigenvalue weighted by Gasteiger charge is 2.38. The maximum Gasteiger partial charge on any atom is 0.418 e. The van der Waals surface area contributed by atoms with Crippen molar-refractivity contribution in [3.8, 4) is 0 Å². The zero-order chi connectivity index (χ0) is 24.3. The Morgan fingerprint density at radius 3 is 2.21 bits per heavy atom. The van der Waals surface area contributed by atoms with Gasteiger partial charge in [0, 0.05) is 38.8 Å². The van der Waals surface area contributed by atoms with E-state index in [1.165, 1.54) is 28.0 Å². The number of hydrogen-bond donors (Lipinski definition) is 1. The molecule has 0 unspecified atom stereocenters. The number of piperazine rings is 1. The fourth-order valence-corrected chi connectivity index (χ4v) is 4.41. The van der Waals surface area contributed by atoms with Gasteiger partial charge >= 0.3 is 24.0 Å². The van der Waals surface area contributed by atoms with E-state index in [1.807, 2.05) is 30.3 Å². The van der Waals surface area contributed by atoms with Crippen LogP contribution < -0.4 is 5.32 Å². The first-order chi connectivity index (χ1) is 16.2. The Labute approximate surface area is 195 Å². The molecule has 10 heteroatoms. The molecule has 0 bridgehead atoms. The topological polar surface area (TPSA) is 73.0 Å². The average molecular weight is 474 g/mol. The van der Waals surface area contributed by atoms with Crippen LogP contribution in [-0.4, -0.2) is 64.8 Å². The number of halogens is 3. The number of carbonyl (C=O) groups is 3. The molecule has 1 N–H and O–H groups in total. The van der Waals surface area contributed by atoms with Crippen LogP contribution in [0.1, 0.15) is 24.0 Å². The predicted octanol–water partition coefficient (Wildman–Crippen LogP) is 3.57. The predicted molar refractivity (Wildman–Crippen MR) is 119 cm³/mol. The summed E-state index contributed by atoms with van der Waals surface area (Å²) in [7, 11) is 0. The molecule has 0 aromatic heterocycles. The summed E-state index contributed by atoms with van der Waals surface area (Å²) >= 11 is 0. The van der Waals surface area contributed by atoms with Gasteiger partial charge in [-0.15, -0.1) is 0 Å². The van der Waals surface area contributed by atoms with Crippen molar-refractivity contribution in [2.24, 2.45) is 0 Å². The number of likely N-dealkylation sites (tertiary alicyclic amines) is 1. The number of nitrogens with one attached hydrogen (secondary N) is 1. The minimum Gasteiger partial charge on any atom is -0.330 e. The SMILES string of the molecule is O=C(Nc1ccccc1C(F)(F)F)N1CCC(N2CCN(Cc3ccccc3)C(=O)C2=O)CC1. The van der Waals surface area contributed by atoms with E-state index in [-0.39, 0.29) is 24.8 Å². The van der Waals surface area contributed by atoms with Gasteiger partial charge < -0.3 is 20.0 Å². The summed E-state index contributed by atoms with van der Waals surface area (Å²) in [5.74, 6) is -1.09. The molecule has 4 amide bonds. The smallest absolute Gasteiger partial charge is 0.330 e. The first-order valence-corrected chi connectivity index (χ1v) is 11.1. The summed E-state index contributed by atoms with van der Waals surface area (Å²) in [5, 5.41) is 2.35. The Hall–Kier alpha value is -3.56. The molecule has 0 aliphatic carbocycles. The third-order valence-corrected chi connectivity index (χ3v) is 6.22. The van der Waals surface area contributed by atoms with Crippen LogP contribution in [0.2, 0.25) is 0 Å². The number of alkyl halides is 3. The van der Waals surface area contributed by atoms with Gasteiger partial charge in [-0.05, 0) is 30.5 Å². The van der Waals surface area contributed by atoms with E-state index in [4.69, 9.17) is 0 Å². The Balaban J connectivity index is 1.31. The first kappa shape index (κ1) is 23.6. The second-order valence-corrected chi connectivity index (χ2v) is 8.40. The van der Waals surface area contributed by atoms with Crippen molar-refractivity contribution in [2.75, 3.05) is 31.5 Å². The molecule has 0 radical (unpaired) electrons. The number of nitrogens with zero attached hydrogens (tertiary/aromatic N) is 3. The van der Waals surface area contributed by atoms with Crippen LogP contribution in [0.4, 0.5) is 23.7 Å². The van der Waals surface area contributed by atoms with Crippen molar-refractivity contribution in [1.29, 1.82) is 0 Å². The van der Waals surface area contributed by atoms with Gasteiger partial charge in [0.05, 0.1) is 11.3 Å². The van der Waals surface area contributed by atoms with Crippen LogP contribution in [0.25, 0.3) is 0 Å². The highest BCUT2D eigenvalue weighted by atomic mass is 19.4. The minimum atomic E-state index is -4.58. The van der Waals surface area contributed by atoms with E-state index in [0.717, 1.165) is 11.6 Å². The third-order valence-electron chi connectivity index (χ3n) is 6.22. The Morgan fingerprint density at radius 2 is 1.53 bits per heavy atom. The summed E-state index contributed by atoms with van der Waals surface area (Å²) in [5.41, 5.74) is -0.253. The molecule has 7 nitrogen and oxygen atoms in total. The molecular formula is C24H25F3N4O3. The van der Waals surface area contributed by atoms with E-state index < -0.39 is 29.6 Å². The highest BCUT2D eigenvalue weighted by molar-refractivity contribution is 6.35. The summed E-state index contributed by atoms with van der Waals surface area (Å²) in [6.07, 6.45) is -3.68. The number of piperidine rings is 1. The molecule has 2 fully saturated rings. The lowest BCUT2D eigenvalue weighted by atomic mass is 10.0. The van der Waals surface area contributed by atoms with Gasteiger partial charge in [-0.1, -0.05) is 42.5 Å². The number of anilines is 1. The molecule has 2 saturated heterocycles. The van der Waals surface area contributed by atoms with Gasteiger partial charge in [0.15, 0.2) is 0 Å². The largest absolute Gasteiger partial charge is 0.418 e. The Kier molecular flexibility index (Phi) is 6.76. The molecule has 2 heterocycles. The van der Waals surface area contributed by atoms with Gasteiger partial charge in [0.2, 0.25) is 0 Å². The summed E-state index contributed by atoms with van der Waals surface area (Å²) in [4.78, 5) is 42.5. The quantitative estimate of drug-likeness (QED) is 0.689. The normalized spacial score (nSPS) is 17.8. The molecule has 180 valence electrons. The van der Waals surface area contributed by atoms with Crippen molar-refractivity contribution in [1.82, 2.24) is 14.7 Å². The molecule has 2 aliphatic heterocycles. The lowest BCUT2D eigenvalue weighted by Crippen LogP contribution is -2.59. The number of carbonyl (C=O) groups excluding carboxylic acids is 3. The fraction of sp³-hybridized carbons (Fsp3) is 0.375. The lowest BCUT2D eigenvalue weighted by molar-refractivity contribution is -0.158. The van der Waals surface area contributed by atoms with Crippen molar-refractivity contribution in [3.05, 3.63) is 65.7 Å². The minimum absolute atomic E-state index is 0.193. The van der Waals surface area contributed by atoms with Crippen molar-refractivity contribution in [3.63, 3.8) is 0 Å². The monoisotopic (exact) mass is 474 g/mol. The number of benzene rings is 2. The van der Waals surface area contributed by atoms with E-state index in [2.05, 4.69) is 5.32 Å². The zero-order valence-electron chi connectivity index (χ0n) is 18.4. The van der Waals surface area contributed by atoms with E-state index >= 15 is 0 Å². The van der Waals surface area contributed by atoms with Crippen LogP contribution in [0.15, 0.2) is 54.6 Å². The van der Waals surface area contributed by atoms with Crippen molar-refractivity contribution < 1.29 is 27.6 Å². The van der Waals surface area contributed by atoms with Crippen LogP contribution in [0.3, 0.4) is 0 Å². The lowest BCUT2D eigenvalue weighted by Gasteiger charge is -2.42. The van der Waals surface area contributed by atoms with Gasteiger partial charge in [-0.2, -0.15) is 13.2 Å². The van der Waals surface area contributed by atoms with Gasteiger partial charge in [0.1, 0.15) is 0 Å². The molecule has 0 atom stereocenters. The van der Waals surface area contributed by atoms with Gasteiger partial charge in [-0.25, -0.2) is 4.79 Å². The summed E-state index contributed by atoms with van der Waals surface area (Å²) in [6, 6.07) is 13.5. The van der Waals surface area contributed by atoms with E-state index in [0.29, 0.717) is 32.5 Å². The van der Waals surface area contributed by atoms with Crippen LogP contribution in [0.5, 0.6) is 0 Å². The number of hydrogen-bond acceptors (Lipinski definition) is 3. The fourth-order valence-electron chi connectivity index (χ4n) is 4.41. The molecule has 2 aromatic carbocycles. The molecule has 4 rings (SSSR count).